The summed E-state index contributed by atoms with van der Waals surface area (Å²) in [4.78, 5) is 10.9. The summed E-state index contributed by atoms with van der Waals surface area (Å²) in [7, 11) is 1.28. The monoisotopic (exact) mass is 174 g/mol. The third-order valence-electron chi connectivity index (χ3n) is 1.13. The number of esters is 1. The number of aliphatic hydroxyl groups is 1. The van der Waals surface area contributed by atoms with Crippen LogP contribution in [0.5, 0.6) is 0 Å². The predicted octanol–water partition coefficient (Wildman–Crippen LogP) is 0.461. The first kappa shape index (κ1) is 11.0. The largest absolute Gasteiger partial charge is 0.484 e. The average molecular weight is 174 g/mol. The maximum Gasteiger partial charge on any atom is 0.372 e. The highest BCUT2D eigenvalue weighted by Crippen LogP contribution is 2.00. The quantitative estimate of drug-likeness (QED) is 0.382. The lowest BCUT2D eigenvalue weighted by molar-refractivity contribution is -0.140. The van der Waals surface area contributed by atoms with Crippen molar-refractivity contribution in [2.75, 3.05) is 13.7 Å². The molecule has 1 unspecified atom stereocenters. The molecule has 4 heteroatoms. The highest BCUT2D eigenvalue weighted by Gasteiger charge is 2.10. The molecule has 1 N–H and O–H groups in total. The lowest BCUT2D eigenvalue weighted by Crippen LogP contribution is -2.15. The molecule has 1 atom stereocenters. The number of aliphatic hydroxyl groups excluding tert-OH is 1. The number of hydrogen-bond donors (Lipinski definition) is 1. The van der Waals surface area contributed by atoms with Gasteiger partial charge in [-0.05, 0) is 19.9 Å². The second kappa shape index (κ2) is 5.60. The van der Waals surface area contributed by atoms with E-state index in [0.717, 1.165) is 0 Å². The molecule has 0 aliphatic rings. The van der Waals surface area contributed by atoms with Crippen LogP contribution >= 0.6 is 0 Å². The topological polar surface area (TPSA) is 55.8 Å². The van der Waals surface area contributed by atoms with Crippen molar-refractivity contribution in [3.63, 3.8) is 0 Å². The zero-order chi connectivity index (χ0) is 9.56. The third-order valence-corrected chi connectivity index (χ3v) is 1.13. The molecule has 12 heavy (non-hydrogen) atoms. The molecule has 0 heterocycles. The molecule has 0 saturated heterocycles. The lowest BCUT2D eigenvalue weighted by atomic mass is 10.4. The number of hydrogen-bond acceptors (Lipinski definition) is 4. The number of rotatable bonds is 4. The van der Waals surface area contributed by atoms with E-state index in [2.05, 4.69) is 4.74 Å². The maximum absolute atomic E-state index is 10.9. The van der Waals surface area contributed by atoms with Crippen LogP contribution in [0.25, 0.3) is 0 Å². The van der Waals surface area contributed by atoms with Gasteiger partial charge in [0.05, 0.1) is 13.2 Å². The number of carbonyl (C=O) groups is 1. The Morgan fingerprint density at radius 3 is 2.58 bits per heavy atom. The van der Waals surface area contributed by atoms with E-state index in [9.17, 15) is 4.79 Å². The van der Waals surface area contributed by atoms with Crippen LogP contribution < -0.4 is 0 Å². The van der Waals surface area contributed by atoms with Gasteiger partial charge in [-0.15, -0.1) is 0 Å². The highest BCUT2D eigenvalue weighted by molar-refractivity contribution is 5.85. The fourth-order valence-electron chi connectivity index (χ4n) is 0.571. The Balaban J connectivity index is 3.94. The summed E-state index contributed by atoms with van der Waals surface area (Å²) < 4.78 is 9.36. The molecule has 0 bridgehead atoms. The number of carbonyl (C=O) groups excluding carboxylic acids is 1. The van der Waals surface area contributed by atoms with E-state index in [-0.39, 0.29) is 12.4 Å². The normalized spacial score (nSPS) is 13.8. The van der Waals surface area contributed by atoms with Gasteiger partial charge in [-0.1, -0.05) is 0 Å². The van der Waals surface area contributed by atoms with Gasteiger partial charge in [0, 0.05) is 0 Å². The second-order valence-electron chi connectivity index (χ2n) is 2.30. The van der Waals surface area contributed by atoms with E-state index in [1.807, 2.05) is 0 Å². The fraction of sp³-hybridized carbons (Fsp3) is 0.625. The zero-order valence-corrected chi connectivity index (χ0v) is 7.53. The van der Waals surface area contributed by atoms with Gasteiger partial charge in [-0.3, -0.25) is 0 Å². The summed E-state index contributed by atoms with van der Waals surface area (Å²) in [6.45, 7) is 3.33. The molecule has 0 fully saturated rings. The van der Waals surface area contributed by atoms with Crippen molar-refractivity contribution >= 4 is 5.97 Å². The van der Waals surface area contributed by atoms with Gasteiger partial charge in [0.1, 0.15) is 6.61 Å². The summed E-state index contributed by atoms with van der Waals surface area (Å²) in [6.07, 6.45) is 0.901. The van der Waals surface area contributed by atoms with Gasteiger partial charge < -0.3 is 14.6 Å². The van der Waals surface area contributed by atoms with Crippen LogP contribution in [0.4, 0.5) is 0 Å². The van der Waals surface area contributed by atoms with E-state index in [0.29, 0.717) is 0 Å². The van der Waals surface area contributed by atoms with Crippen molar-refractivity contribution in [1.82, 2.24) is 0 Å². The van der Waals surface area contributed by atoms with Crippen LogP contribution in [0.2, 0.25) is 0 Å². The summed E-state index contributed by atoms with van der Waals surface area (Å²) in [6, 6.07) is 0. The summed E-state index contributed by atoms with van der Waals surface area (Å²) in [5, 5.41) is 8.85. The Morgan fingerprint density at radius 1 is 1.67 bits per heavy atom. The van der Waals surface area contributed by atoms with Gasteiger partial charge in [0.15, 0.2) is 5.76 Å². The molecule has 0 amide bonds. The Labute approximate surface area is 71.8 Å². The minimum Gasteiger partial charge on any atom is -0.484 e. The predicted molar refractivity (Wildman–Crippen MR) is 43.4 cm³/mol. The first-order valence-electron chi connectivity index (χ1n) is 3.67. The Kier molecular flexibility index (Phi) is 5.12. The van der Waals surface area contributed by atoms with E-state index >= 15 is 0 Å². The maximum atomic E-state index is 10.9. The van der Waals surface area contributed by atoms with Gasteiger partial charge >= 0.3 is 5.97 Å². The molecule has 0 aromatic rings. The molecule has 4 nitrogen and oxygen atoms in total. The average Bonchev–Trinajstić information content (AvgIpc) is 2.04. The van der Waals surface area contributed by atoms with Crippen LogP contribution in [0.1, 0.15) is 13.8 Å². The number of ether oxygens (including phenoxy) is 2. The Bertz CT molecular complexity index is 172. The fourth-order valence-corrected chi connectivity index (χ4v) is 0.571. The van der Waals surface area contributed by atoms with Crippen molar-refractivity contribution < 1.29 is 19.4 Å². The summed E-state index contributed by atoms with van der Waals surface area (Å²) in [5.41, 5.74) is 0. The van der Waals surface area contributed by atoms with Crippen LogP contribution in [-0.2, 0) is 14.3 Å². The molecule has 70 valence electrons. The molecule has 0 saturated carbocycles. The van der Waals surface area contributed by atoms with E-state index in [1.54, 1.807) is 13.8 Å². The van der Waals surface area contributed by atoms with Gasteiger partial charge in [-0.25, -0.2) is 4.79 Å². The first-order valence-corrected chi connectivity index (χ1v) is 3.67. The van der Waals surface area contributed by atoms with Crippen molar-refractivity contribution in [3.05, 3.63) is 11.8 Å². The third kappa shape index (κ3) is 3.98. The Morgan fingerprint density at radius 2 is 2.25 bits per heavy atom. The molecule has 0 aliphatic carbocycles. The molecule has 0 aromatic heterocycles. The van der Waals surface area contributed by atoms with Crippen molar-refractivity contribution in [2.24, 2.45) is 0 Å². The van der Waals surface area contributed by atoms with Gasteiger partial charge in [0.2, 0.25) is 0 Å². The summed E-state index contributed by atoms with van der Waals surface area (Å²) in [5.74, 6) is -0.406. The molecule has 0 spiro atoms. The van der Waals surface area contributed by atoms with Crippen molar-refractivity contribution in [3.8, 4) is 0 Å². The van der Waals surface area contributed by atoms with E-state index in [4.69, 9.17) is 9.84 Å². The Hall–Kier alpha value is -1.03. The lowest BCUT2D eigenvalue weighted by Gasteiger charge is -2.09. The second-order valence-corrected chi connectivity index (χ2v) is 2.30. The van der Waals surface area contributed by atoms with Crippen LogP contribution in [0.3, 0.4) is 0 Å². The van der Waals surface area contributed by atoms with Gasteiger partial charge in [0.25, 0.3) is 0 Å². The van der Waals surface area contributed by atoms with E-state index < -0.39 is 12.1 Å². The van der Waals surface area contributed by atoms with Gasteiger partial charge in [-0.2, -0.15) is 0 Å². The zero-order valence-electron chi connectivity index (χ0n) is 7.53. The standard InChI is InChI=1S/C8H14O4/c1-4-7(8(10)11-3)12-5-6(2)9/h4,6,9H,5H2,1-3H3. The molecule has 0 aliphatic heterocycles. The molecule has 0 rings (SSSR count). The van der Waals surface area contributed by atoms with Crippen LogP contribution in [0.15, 0.2) is 11.8 Å². The van der Waals surface area contributed by atoms with E-state index in [1.165, 1.54) is 13.2 Å². The smallest absolute Gasteiger partial charge is 0.372 e. The van der Waals surface area contributed by atoms with Crippen molar-refractivity contribution in [2.45, 2.75) is 20.0 Å². The number of methoxy groups -OCH3 is 1. The van der Waals surface area contributed by atoms with Crippen molar-refractivity contribution in [1.29, 1.82) is 0 Å². The number of allylic oxidation sites excluding steroid dienone is 1. The highest BCUT2D eigenvalue weighted by atomic mass is 16.6. The first-order chi connectivity index (χ1) is 5.61. The molecular formula is C8H14O4. The van der Waals surface area contributed by atoms with Crippen LogP contribution in [-0.4, -0.2) is 30.9 Å². The molecular weight excluding hydrogens is 160 g/mol. The minimum atomic E-state index is -0.593. The minimum absolute atomic E-state index is 0.0920. The SMILES string of the molecule is CC=C(OCC(C)O)C(=O)OC. The molecule has 0 aromatic carbocycles. The summed E-state index contributed by atoms with van der Waals surface area (Å²) >= 11 is 0. The molecule has 0 radical (unpaired) electrons. The van der Waals surface area contributed by atoms with Crippen LogP contribution in [0, 0.1) is 0 Å².